The van der Waals surface area contributed by atoms with Gasteiger partial charge in [0.05, 0.1) is 0 Å². The number of carbonyl (C=O) groups excluding carboxylic acids is 1. The molecule has 1 aliphatic carbocycles. The molecule has 3 rings (SSSR count). The highest BCUT2D eigenvalue weighted by atomic mass is 19.1. The zero-order chi connectivity index (χ0) is 12.5. The predicted molar refractivity (Wildman–Crippen MR) is 68.2 cm³/mol. The first-order valence-electron chi connectivity index (χ1n) is 6.10. The number of fused-ring (bicyclic) bond motifs is 1. The first kappa shape index (κ1) is 11.1. The molecule has 0 amide bonds. The summed E-state index contributed by atoms with van der Waals surface area (Å²) >= 11 is 0. The normalized spacial score (nSPS) is 16.8. The van der Waals surface area contributed by atoms with E-state index in [2.05, 4.69) is 12.1 Å². The van der Waals surface area contributed by atoms with Gasteiger partial charge in [-0.05, 0) is 35.6 Å². The Morgan fingerprint density at radius 3 is 2.78 bits per heavy atom. The number of benzene rings is 2. The summed E-state index contributed by atoms with van der Waals surface area (Å²) in [6.07, 6.45) is 1.43. The maximum Gasteiger partial charge on any atom is 0.163 e. The van der Waals surface area contributed by atoms with E-state index in [1.54, 1.807) is 12.1 Å². The third-order valence-corrected chi connectivity index (χ3v) is 3.54. The Bertz CT molecular complexity index is 604. The lowest BCUT2D eigenvalue weighted by Gasteiger charge is -2.29. The first-order valence-corrected chi connectivity index (χ1v) is 6.10. The molecule has 0 spiro atoms. The maximum atomic E-state index is 13.0. The van der Waals surface area contributed by atoms with Crippen molar-refractivity contribution in [2.24, 2.45) is 0 Å². The number of hydrogen-bond acceptors (Lipinski definition) is 1. The monoisotopic (exact) mass is 240 g/mol. The number of rotatable bonds is 3. The van der Waals surface area contributed by atoms with Gasteiger partial charge in [0.25, 0.3) is 0 Å². The largest absolute Gasteiger partial charge is 0.294 e. The lowest BCUT2D eigenvalue weighted by atomic mass is 9.74. The number of hydrogen-bond donors (Lipinski definition) is 0. The lowest BCUT2D eigenvalue weighted by molar-refractivity contribution is 0.0970. The molecule has 0 saturated heterocycles. The van der Waals surface area contributed by atoms with Crippen LogP contribution >= 0.6 is 0 Å². The topological polar surface area (TPSA) is 17.1 Å². The molecular formula is C16H13FO. The standard InChI is InChI=1S/C16H13FO/c17-14-6-3-5-12(9-14)16(18)10-13-8-11-4-1-2-7-15(11)13/h1-7,9,13H,8,10H2. The molecule has 0 heterocycles. The van der Waals surface area contributed by atoms with E-state index in [4.69, 9.17) is 0 Å². The molecule has 1 atom stereocenters. The van der Waals surface area contributed by atoms with E-state index in [-0.39, 0.29) is 11.6 Å². The number of Topliss-reactive ketones (excluding diaryl/α,β-unsaturated/α-hetero) is 1. The van der Waals surface area contributed by atoms with E-state index in [1.165, 1.54) is 23.3 Å². The van der Waals surface area contributed by atoms with E-state index < -0.39 is 0 Å². The number of ketones is 1. The van der Waals surface area contributed by atoms with Crippen LogP contribution in [0.1, 0.15) is 33.8 Å². The highest BCUT2D eigenvalue weighted by molar-refractivity contribution is 5.96. The Morgan fingerprint density at radius 1 is 1.17 bits per heavy atom. The smallest absolute Gasteiger partial charge is 0.163 e. The SMILES string of the molecule is O=C(CC1Cc2ccccc21)c1cccc(F)c1. The van der Waals surface area contributed by atoms with Crippen molar-refractivity contribution < 1.29 is 9.18 Å². The van der Waals surface area contributed by atoms with Crippen molar-refractivity contribution in [3.05, 3.63) is 71.0 Å². The van der Waals surface area contributed by atoms with Crippen LogP contribution in [0.5, 0.6) is 0 Å². The molecule has 18 heavy (non-hydrogen) atoms. The molecule has 2 aromatic carbocycles. The van der Waals surface area contributed by atoms with Crippen LogP contribution in [0, 0.1) is 5.82 Å². The average molecular weight is 240 g/mol. The predicted octanol–water partition coefficient (Wildman–Crippen LogP) is 3.74. The first-order chi connectivity index (χ1) is 8.74. The van der Waals surface area contributed by atoms with Gasteiger partial charge in [-0.25, -0.2) is 4.39 Å². The molecule has 2 heteroatoms. The van der Waals surface area contributed by atoms with E-state index in [0.717, 1.165) is 6.42 Å². The second kappa shape index (κ2) is 4.37. The van der Waals surface area contributed by atoms with Crippen molar-refractivity contribution in [3.63, 3.8) is 0 Å². The molecule has 0 radical (unpaired) electrons. The zero-order valence-corrected chi connectivity index (χ0v) is 9.90. The molecule has 0 N–H and O–H groups in total. The van der Waals surface area contributed by atoms with Crippen LogP contribution in [0.25, 0.3) is 0 Å². The fourth-order valence-corrected chi connectivity index (χ4v) is 2.55. The van der Waals surface area contributed by atoms with Gasteiger partial charge in [0.1, 0.15) is 5.82 Å². The van der Waals surface area contributed by atoms with Gasteiger partial charge in [0.15, 0.2) is 5.78 Å². The summed E-state index contributed by atoms with van der Waals surface area (Å²) < 4.78 is 13.0. The zero-order valence-electron chi connectivity index (χ0n) is 9.90. The van der Waals surface area contributed by atoms with Gasteiger partial charge in [0.2, 0.25) is 0 Å². The third kappa shape index (κ3) is 1.94. The average Bonchev–Trinajstić information content (AvgIpc) is 2.36. The molecule has 2 aromatic rings. The summed E-state index contributed by atoms with van der Waals surface area (Å²) in [4.78, 5) is 12.0. The molecule has 0 bridgehead atoms. The Morgan fingerprint density at radius 2 is 2.00 bits per heavy atom. The van der Waals surface area contributed by atoms with E-state index in [1.807, 2.05) is 12.1 Å². The summed E-state index contributed by atoms with van der Waals surface area (Å²) in [5, 5.41) is 0. The van der Waals surface area contributed by atoms with Crippen molar-refractivity contribution in [1.82, 2.24) is 0 Å². The van der Waals surface area contributed by atoms with E-state index in [9.17, 15) is 9.18 Å². The number of carbonyl (C=O) groups is 1. The van der Waals surface area contributed by atoms with Crippen LogP contribution in [-0.2, 0) is 6.42 Å². The highest BCUT2D eigenvalue weighted by Crippen LogP contribution is 2.37. The molecule has 1 aliphatic rings. The highest BCUT2D eigenvalue weighted by Gasteiger charge is 2.27. The second-order valence-corrected chi connectivity index (χ2v) is 4.74. The summed E-state index contributed by atoms with van der Waals surface area (Å²) in [6.45, 7) is 0. The van der Waals surface area contributed by atoms with Crippen LogP contribution in [0.15, 0.2) is 48.5 Å². The second-order valence-electron chi connectivity index (χ2n) is 4.74. The maximum absolute atomic E-state index is 13.0. The molecule has 90 valence electrons. The molecule has 0 aliphatic heterocycles. The van der Waals surface area contributed by atoms with Crippen molar-refractivity contribution in [3.8, 4) is 0 Å². The van der Waals surface area contributed by atoms with Gasteiger partial charge in [-0.3, -0.25) is 4.79 Å². The fourth-order valence-electron chi connectivity index (χ4n) is 2.55. The Labute approximate surface area is 105 Å². The third-order valence-electron chi connectivity index (χ3n) is 3.54. The minimum Gasteiger partial charge on any atom is -0.294 e. The molecule has 0 fully saturated rings. The van der Waals surface area contributed by atoms with Crippen LogP contribution in [0.3, 0.4) is 0 Å². The van der Waals surface area contributed by atoms with Crippen LogP contribution in [-0.4, -0.2) is 5.78 Å². The van der Waals surface area contributed by atoms with Gasteiger partial charge in [-0.15, -0.1) is 0 Å². The minimum absolute atomic E-state index is 0.0222. The molecule has 0 saturated carbocycles. The molecular weight excluding hydrogens is 227 g/mol. The van der Waals surface area contributed by atoms with Crippen LogP contribution in [0.4, 0.5) is 4.39 Å². The molecule has 0 aromatic heterocycles. The van der Waals surface area contributed by atoms with E-state index >= 15 is 0 Å². The summed E-state index contributed by atoms with van der Waals surface area (Å²) in [5.74, 6) is -0.0270. The van der Waals surface area contributed by atoms with Crippen LogP contribution in [0.2, 0.25) is 0 Å². The van der Waals surface area contributed by atoms with Gasteiger partial charge in [0, 0.05) is 12.0 Å². The van der Waals surface area contributed by atoms with Crippen LogP contribution < -0.4 is 0 Å². The summed E-state index contributed by atoms with van der Waals surface area (Å²) in [5.41, 5.74) is 3.07. The summed E-state index contributed by atoms with van der Waals surface area (Å²) in [6, 6.07) is 14.1. The molecule has 1 unspecified atom stereocenters. The fraction of sp³-hybridized carbons (Fsp3) is 0.188. The quantitative estimate of drug-likeness (QED) is 0.747. The van der Waals surface area contributed by atoms with Gasteiger partial charge in [-0.1, -0.05) is 36.4 Å². The van der Waals surface area contributed by atoms with Gasteiger partial charge < -0.3 is 0 Å². The Hall–Kier alpha value is -1.96. The van der Waals surface area contributed by atoms with Gasteiger partial charge in [-0.2, -0.15) is 0 Å². The van der Waals surface area contributed by atoms with Crippen molar-refractivity contribution >= 4 is 5.78 Å². The van der Waals surface area contributed by atoms with Crippen molar-refractivity contribution in [2.75, 3.05) is 0 Å². The minimum atomic E-state index is -0.352. The van der Waals surface area contributed by atoms with E-state index in [0.29, 0.717) is 17.9 Å². The Balaban J connectivity index is 1.74. The summed E-state index contributed by atoms with van der Waals surface area (Å²) in [7, 11) is 0. The van der Waals surface area contributed by atoms with Gasteiger partial charge >= 0.3 is 0 Å². The van der Waals surface area contributed by atoms with Crippen molar-refractivity contribution in [1.29, 1.82) is 0 Å². The Kier molecular flexibility index (Phi) is 2.71. The lowest BCUT2D eigenvalue weighted by Crippen LogP contribution is -2.20. The molecule has 1 nitrogen and oxygen atoms in total. The number of halogens is 1. The van der Waals surface area contributed by atoms with Crippen molar-refractivity contribution in [2.45, 2.75) is 18.8 Å².